The van der Waals surface area contributed by atoms with Gasteiger partial charge < -0.3 is 20.4 Å². The summed E-state index contributed by atoms with van der Waals surface area (Å²) in [5.41, 5.74) is 0. The van der Waals surface area contributed by atoms with E-state index in [9.17, 15) is 20.4 Å². The maximum absolute atomic E-state index is 9.30. The predicted molar refractivity (Wildman–Crippen MR) is 66.4 cm³/mol. The molecule has 0 N–H and O–H groups in total. The first-order valence-corrected chi connectivity index (χ1v) is 5.98. The first-order valence-electron chi connectivity index (χ1n) is 5.98. The van der Waals surface area contributed by atoms with Crippen LogP contribution in [0.15, 0.2) is 0 Å². The number of hydrogen-bond acceptors (Lipinski definition) is 4. The van der Waals surface area contributed by atoms with Gasteiger partial charge in [-0.25, -0.2) is 0 Å². The van der Waals surface area contributed by atoms with Gasteiger partial charge in [-0.1, -0.05) is 53.4 Å². The van der Waals surface area contributed by atoms with Crippen molar-refractivity contribution in [2.24, 2.45) is 0 Å². The summed E-state index contributed by atoms with van der Waals surface area (Å²) in [6.45, 7) is 7.75. The van der Waals surface area contributed by atoms with Gasteiger partial charge in [-0.05, 0) is 0 Å². The summed E-state index contributed by atoms with van der Waals surface area (Å²) < 4.78 is 0. The smallest absolute Gasteiger partial charge is 0.854 e. The van der Waals surface area contributed by atoms with Crippen molar-refractivity contribution in [2.75, 3.05) is 26.4 Å². The molecule has 0 saturated heterocycles. The second-order valence-corrected chi connectivity index (χ2v) is 2.82. The largest absolute Gasteiger partial charge is 2.00 e. The van der Waals surface area contributed by atoms with E-state index in [1.54, 1.807) is 0 Å². The Morgan fingerprint density at radius 1 is 0.500 bits per heavy atom. The first kappa shape index (κ1) is 36.5. The van der Waals surface area contributed by atoms with E-state index in [2.05, 4.69) is 0 Å². The summed E-state index contributed by atoms with van der Waals surface area (Å²) in [5.74, 6) is 0. The van der Waals surface area contributed by atoms with Crippen LogP contribution in [0.25, 0.3) is 0 Å². The summed E-state index contributed by atoms with van der Waals surface area (Å²) in [7, 11) is 0. The maximum Gasteiger partial charge on any atom is 2.00 e. The fourth-order valence-electron chi connectivity index (χ4n) is 0. The molecule has 0 radical (unpaired) electrons. The van der Waals surface area contributed by atoms with E-state index in [0.29, 0.717) is 0 Å². The Morgan fingerprint density at radius 3 is 0.556 bits per heavy atom. The van der Waals surface area contributed by atoms with E-state index in [-0.39, 0.29) is 66.5 Å². The van der Waals surface area contributed by atoms with Crippen molar-refractivity contribution in [3.05, 3.63) is 0 Å². The summed E-state index contributed by atoms with van der Waals surface area (Å²) in [5, 5.41) is 37.2. The minimum absolute atomic E-state index is 0. The molecule has 0 unspecified atom stereocenters. The van der Waals surface area contributed by atoms with Crippen molar-refractivity contribution >= 4 is 23.1 Å². The van der Waals surface area contributed by atoms with Gasteiger partial charge in [0, 0.05) is 0 Å². The Bertz CT molecular complexity index is 48.0. The molecule has 0 fully saturated rings. The summed E-state index contributed by atoms with van der Waals surface area (Å²) in [6, 6.07) is 0. The molecule has 0 aromatic carbocycles. The van der Waals surface area contributed by atoms with Crippen molar-refractivity contribution in [3.63, 3.8) is 0 Å². The molecule has 18 heavy (non-hydrogen) atoms. The van der Waals surface area contributed by atoms with Crippen LogP contribution in [-0.4, -0.2) is 49.5 Å². The molecule has 110 valence electrons. The van der Waals surface area contributed by atoms with Crippen LogP contribution in [0, 0.1) is 0 Å². The molecular formula is C12H28FeMgO4. The van der Waals surface area contributed by atoms with Crippen molar-refractivity contribution in [2.45, 2.75) is 53.4 Å². The van der Waals surface area contributed by atoms with Crippen molar-refractivity contribution in [1.82, 2.24) is 0 Å². The van der Waals surface area contributed by atoms with Crippen molar-refractivity contribution in [3.8, 4) is 0 Å². The van der Waals surface area contributed by atoms with Crippen LogP contribution >= 0.6 is 0 Å². The second kappa shape index (κ2) is 63.8. The van der Waals surface area contributed by atoms with E-state index in [1.807, 2.05) is 27.7 Å². The average Bonchev–Trinajstić information content (AvgIpc) is 2.39. The molecule has 0 aliphatic rings. The molecule has 6 heteroatoms. The topological polar surface area (TPSA) is 92.2 Å². The van der Waals surface area contributed by atoms with Gasteiger partial charge in [0.25, 0.3) is 0 Å². The SMILES string of the molecule is CCC[O-].CCC[O-].CCC[O-].CCC[O-].[Fe+2].[Mg+2]. The maximum atomic E-state index is 9.30. The molecule has 0 aromatic rings. The molecule has 0 aromatic heterocycles. The van der Waals surface area contributed by atoms with Crippen LogP contribution in [0.1, 0.15) is 53.4 Å². The summed E-state index contributed by atoms with van der Waals surface area (Å²) in [6.07, 6.45) is 3.06. The normalized spacial score (nSPS) is 6.67. The predicted octanol–water partition coefficient (Wildman–Crippen LogP) is -1.36. The van der Waals surface area contributed by atoms with Gasteiger partial charge in [-0.15, -0.1) is 26.4 Å². The van der Waals surface area contributed by atoms with Crippen molar-refractivity contribution in [1.29, 1.82) is 0 Å². The second-order valence-electron chi connectivity index (χ2n) is 2.82. The van der Waals surface area contributed by atoms with E-state index >= 15 is 0 Å². The van der Waals surface area contributed by atoms with Gasteiger partial charge in [0.15, 0.2) is 0 Å². The molecule has 0 spiro atoms. The van der Waals surface area contributed by atoms with Crippen LogP contribution < -0.4 is 20.4 Å². The van der Waals surface area contributed by atoms with Crippen LogP contribution in [0.4, 0.5) is 0 Å². The Kier molecular flexibility index (Phi) is 129. The molecule has 0 amide bonds. The van der Waals surface area contributed by atoms with Gasteiger partial charge in [-0.2, -0.15) is 0 Å². The van der Waals surface area contributed by atoms with Gasteiger partial charge >= 0.3 is 40.1 Å². The van der Waals surface area contributed by atoms with E-state index < -0.39 is 0 Å². The molecule has 0 saturated carbocycles. The molecule has 0 heterocycles. The minimum atomic E-state index is 0. The van der Waals surface area contributed by atoms with Crippen LogP contribution in [0.2, 0.25) is 0 Å². The Balaban J connectivity index is -0.0000000257. The zero-order chi connectivity index (χ0) is 13.7. The van der Waals surface area contributed by atoms with Gasteiger partial charge in [0.05, 0.1) is 0 Å². The fourth-order valence-corrected chi connectivity index (χ4v) is 0. The van der Waals surface area contributed by atoms with Gasteiger partial charge in [0.1, 0.15) is 0 Å². The first-order chi connectivity index (χ1) is 7.66. The molecule has 4 nitrogen and oxygen atoms in total. The monoisotopic (exact) mass is 316 g/mol. The molecule has 0 rings (SSSR count). The summed E-state index contributed by atoms with van der Waals surface area (Å²) in [4.78, 5) is 0. The zero-order valence-electron chi connectivity index (χ0n) is 12.4. The Labute approximate surface area is 140 Å². The van der Waals surface area contributed by atoms with Crippen LogP contribution in [0.5, 0.6) is 0 Å². The third-order valence-electron chi connectivity index (χ3n) is 0.816. The fraction of sp³-hybridized carbons (Fsp3) is 1.00. The molecular weight excluding hydrogens is 288 g/mol. The van der Waals surface area contributed by atoms with Crippen molar-refractivity contribution < 1.29 is 37.5 Å². The van der Waals surface area contributed by atoms with E-state index in [1.165, 1.54) is 0 Å². The molecule has 0 aliphatic heterocycles. The van der Waals surface area contributed by atoms with Crippen LogP contribution in [-0.2, 0) is 17.1 Å². The van der Waals surface area contributed by atoms with Crippen LogP contribution in [0.3, 0.4) is 0 Å². The van der Waals surface area contributed by atoms with E-state index in [4.69, 9.17) is 0 Å². The number of hydrogen-bond donors (Lipinski definition) is 0. The quantitative estimate of drug-likeness (QED) is 0.599. The molecule has 0 bridgehead atoms. The van der Waals surface area contributed by atoms with Gasteiger partial charge in [-0.3, -0.25) is 0 Å². The Hall–Kier alpha value is 1.13. The summed E-state index contributed by atoms with van der Waals surface area (Å²) >= 11 is 0. The number of rotatable bonds is 4. The van der Waals surface area contributed by atoms with Gasteiger partial charge in [0.2, 0.25) is 0 Å². The third-order valence-corrected chi connectivity index (χ3v) is 0.816. The van der Waals surface area contributed by atoms with E-state index in [0.717, 1.165) is 25.7 Å². The molecule has 0 aliphatic carbocycles. The Morgan fingerprint density at radius 2 is 0.556 bits per heavy atom. The minimum Gasteiger partial charge on any atom is -0.854 e. The molecule has 0 atom stereocenters. The zero-order valence-corrected chi connectivity index (χ0v) is 14.9. The third kappa shape index (κ3) is 170. The average molecular weight is 317 g/mol. The standard InChI is InChI=1S/4C3H7O.Fe.Mg/c4*1-2-3-4;;/h4*2-3H2,1H3;;/q4*-1;2*+2.